The molecule has 0 fully saturated rings. The normalized spacial score (nSPS) is 18.8. The molecule has 2 atom stereocenters. The average Bonchev–Trinajstić information content (AvgIpc) is 2.76. The Kier molecular flexibility index (Phi) is 6.97. The van der Waals surface area contributed by atoms with Crippen molar-refractivity contribution in [1.82, 2.24) is 0 Å². The molecular formula is C24H32O3Si. The molecule has 0 spiro atoms. The lowest BCUT2D eigenvalue weighted by atomic mass is 9.99. The third-order valence-corrected chi connectivity index (χ3v) is 10.6. The zero-order valence-electron chi connectivity index (χ0n) is 17.3. The minimum atomic E-state index is -1.70. The summed E-state index contributed by atoms with van der Waals surface area (Å²) < 4.78 is 19.0. The molecule has 0 bridgehead atoms. The summed E-state index contributed by atoms with van der Waals surface area (Å²) in [5.74, 6) is 1.70. The zero-order valence-corrected chi connectivity index (χ0v) is 18.3. The van der Waals surface area contributed by atoms with Crippen LogP contribution < -0.4 is 9.47 Å². The maximum Gasteiger partial charge on any atom is 0.192 e. The molecule has 0 unspecified atom stereocenters. The van der Waals surface area contributed by atoms with Crippen LogP contribution in [0.2, 0.25) is 18.1 Å². The molecule has 0 amide bonds. The highest BCUT2D eigenvalue weighted by Crippen LogP contribution is 2.35. The number of hydrogen-bond donors (Lipinski definition) is 0. The fraction of sp³-hybridized carbons (Fsp3) is 0.417. The Labute approximate surface area is 170 Å². The van der Waals surface area contributed by atoms with Gasteiger partial charge in [-0.2, -0.15) is 0 Å². The molecule has 2 aromatic rings. The Morgan fingerprint density at radius 1 is 1.07 bits per heavy atom. The molecule has 0 N–H and O–H groups in total. The maximum absolute atomic E-state index is 6.73. The van der Waals surface area contributed by atoms with Crippen molar-refractivity contribution >= 4 is 8.32 Å². The molecule has 1 aliphatic heterocycles. The molecule has 28 heavy (non-hydrogen) atoms. The van der Waals surface area contributed by atoms with E-state index in [2.05, 4.69) is 45.5 Å². The summed E-state index contributed by atoms with van der Waals surface area (Å²) in [7, 11) is -1.70. The van der Waals surface area contributed by atoms with Gasteiger partial charge in [0.05, 0.1) is 6.10 Å². The van der Waals surface area contributed by atoms with Gasteiger partial charge >= 0.3 is 0 Å². The second kappa shape index (κ2) is 9.44. The Hall–Kier alpha value is -2.04. The first-order valence-corrected chi connectivity index (χ1v) is 12.9. The van der Waals surface area contributed by atoms with Crippen LogP contribution in [-0.2, 0) is 17.5 Å². The van der Waals surface area contributed by atoms with Crippen LogP contribution >= 0.6 is 0 Å². The first-order valence-electron chi connectivity index (χ1n) is 10.4. The maximum atomic E-state index is 6.73. The van der Waals surface area contributed by atoms with Crippen LogP contribution in [0.5, 0.6) is 11.5 Å². The van der Waals surface area contributed by atoms with E-state index in [0.717, 1.165) is 41.6 Å². The lowest BCUT2D eigenvalue weighted by molar-refractivity contribution is 0.0588. The third-order valence-electron chi connectivity index (χ3n) is 5.90. The monoisotopic (exact) mass is 396 g/mol. The summed E-state index contributed by atoms with van der Waals surface area (Å²) in [6.45, 7) is 11.3. The predicted molar refractivity (Wildman–Crippen MR) is 118 cm³/mol. The van der Waals surface area contributed by atoms with Crippen LogP contribution in [0.25, 0.3) is 0 Å². The van der Waals surface area contributed by atoms with E-state index in [0.29, 0.717) is 6.61 Å². The van der Waals surface area contributed by atoms with Crippen LogP contribution in [-0.4, -0.2) is 20.5 Å². The number of fused-ring (bicyclic) bond motifs is 1. The SMILES string of the molecule is C=C[C@H]1Oc2cc(OCc3ccccc3)ccc2C[C@@H]1O[Si](CC)(CC)CC. The molecule has 3 nitrogen and oxygen atoms in total. The van der Waals surface area contributed by atoms with Gasteiger partial charge in [-0.25, -0.2) is 0 Å². The van der Waals surface area contributed by atoms with E-state index in [9.17, 15) is 0 Å². The lowest BCUT2D eigenvalue weighted by Crippen LogP contribution is -2.47. The molecule has 1 aliphatic rings. The molecule has 4 heteroatoms. The average molecular weight is 397 g/mol. The zero-order chi connectivity index (χ0) is 20.0. The van der Waals surface area contributed by atoms with Gasteiger partial charge in [-0.3, -0.25) is 0 Å². The van der Waals surface area contributed by atoms with Crippen molar-refractivity contribution in [3.63, 3.8) is 0 Å². The molecule has 0 saturated carbocycles. The van der Waals surface area contributed by atoms with Crippen LogP contribution in [0.15, 0.2) is 61.2 Å². The van der Waals surface area contributed by atoms with Crippen molar-refractivity contribution in [2.45, 2.75) is 64.1 Å². The minimum Gasteiger partial charge on any atom is -0.489 e. The molecule has 150 valence electrons. The largest absolute Gasteiger partial charge is 0.489 e. The van der Waals surface area contributed by atoms with Gasteiger partial charge in [0.15, 0.2) is 8.32 Å². The fourth-order valence-corrected chi connectivity index (χ4v) is 6.69. The van der Waals surface area contributed by atoms with Crippen molar-refractivity contribution < 1.29 is 13.9 Å². The van der Waals surface area contributed by atoms with E-state index in [1.54, 1.807) is 0 Å². The van der Waals surface area contributed by atoms with Gasteiger partial charge in [-0.05, 0) is 41.4 Å². The van der Waals surface area contributed by atoms with E-state index in [4.69, 9.17) is 13.9 Å². The number of hydrogen-bond acceptors (Lipinski definition) is 3. The van der Waals surface area contributed by atoms with Crippen LogP contribution in [0.4, 0.5) is 0 Å². The molecule has 2 aromatic carbocycles. The Morgan fingerprint density at radius 2 is 1.79 bits per heavy atom. The smallest absolute Gasteiger partial charge is 0.192 e. The summed E-state index contributed by atoms with van der Waals surface area (Å²) in [5.41, 5.74) is 2.33. The van der Waals surface area contributed by atoms with Gasteiger partial charge in [-0.15, -0.1) is 0 Å². The second-order valence-corrected chi connectivity index (χ2v) is 12.2. The minimum absolute atomic E-state index is 0.0487. The Bertz CT molecular complexity index is 762. The summed E-state index contributed by atoms with van der Waals surface area (Å²) in [6, 6.07) is 19.7. The standard InChI is InChI=1S/C24H32O3Si/c1-5-22-24(27-28(6-2,7-3)8-4)16-20-14-15-21(17-23(20)26-22)25-18-19-12-10-9-11-13-19/h5,9-15,17,22,24H,1,6-8,16,18H2,2-4H3/t22-,24+/m1/s1. The summed E-state index contributed by atoms with van der Waals surface area (Å²) in [6.07, 6.45) is 2.67. The first kappa shape index (κ1) is 20.7. The second-order valence-electron chi connectivity index (χ2n) is 7.47. The van der Waals surface area contributed by atoms with E-state index < -0.39 is 8.32 Å². The van der Waals surface area contributed by atoms with Crippen LogP contribution in [0.1, 0.15) is 31.9 Å². The fourth-order valence-electron chi connectivity index (χ4n) is 3.83. The number of rotatable bonds is 9. The Balaban J connectivity index is 1.72. The lowest BCUT2D eigenvalue weighted by Gasteiger charge is -2.39. The summed E-state index contributed by atoms with van der Waals surface area (Å²) in [5, 5.41) is 0. The molecule has 3 rings (SSSR count). The van der Waals surface area contributed by atoms with Crippen molar-refractivity contribution in [2.24, 2.45) is 0 Å². The highest BCUT2D eigenvalue weighted by molar-refractivity contribution is 6.73. The topological polar surface area (TPSA) is 27.7 Å². The van der Waals surface area contributed by atoms with Gasteiger partial charge in [0, 0.05) is 12.5 Å². The Morgan fingerprint density at radius 3 is 2.43 bits per heavy atom. The third kappa shape index (κ3) is 4.68. The molecule has 0 radical (unpaired) electrons. The summed E-state index contributed by atoms with van der Waals surface area (Å²) in [4.78, 5) is 0. The summed E-state index contributed by atoms with van der Waals surface area (Å²) >= 11 is 0. The molecule has 0 aromatic heterocycles. The molecule has 0 aliphatic carbocycles. The van der Waals surface area contributed by atoms with Gasteiger partial charge in [0.1, 0.15) is 24.2 Å². The van der Waals surface area contributed by atoms with E-state index in [-0.39, 0.29) is 12.2 Å². The van der Waals surface area contributed by atoms with Gasteiger partial charge < -0.3 is 13.9 Å². The van der Waals surface area contributed by atoms with Crippen molar-refractivity contribution in [2.75, 3.05) is 0 Å². The van der Waals surface area contributed by atoms with Gasteiger partial charge in [-0.1, -0.05) is 63.7 Å². The first-order chi connectivity index (χ1) is 13.6. The molecule has 0 saturated heterocycles. The highest BCUT2D eigenvalue weighted by Gasteiger charge is 2.37. The van der Waals surface area contributed by atoms with E-state index in [1.807, 2.05) is 36.4 Å². The molecular weight excluding hydrogens is 364 g/mol. The molecule has 1 heterocycles. The number of benzene rings is 2. The van der Waals surface area contributed by atoms with E-state index >= 15 is 0 Å². The number of ether oxygens (including phenoxy) is 2. The van der Waals surface area contributed by atoms with Crippen LogP contribution in [0.3, 0.4) is 0 Å². The van der Waals surface area contributed by atoms with Gasteiger partial charge in [0.25, 0.3) is 0 Å². The highest BCUT2D eigenvalue weighted by atomic mass is 28.4. The quantitative estimate of drug-likeness (QED) is 0.376. The van der Waals surface area contributed by atoms with Crippen molar-refractivity contribution in [3.05, 3.63) is 72.3 Å². The van der Waals surface area contributed by atoms with Crippen molar-refractivity contribution in [3.8, 4) is 11.5 Å². The van der Waals surface area contributed by atoms with Crippen LogP contribution in [0, 0.1) is 0 Å². The van der Waals surface area contributed by atoms with Gasteiger partial charge in [0.2, 0.25) is 0 Å². The van der Waals surface area contributed by atoms with E-state index in [1.165, 1.54) is 5.56 Å². The predicted octanol–water partition coefficient (Wildman–Crippen LogP) is 6.15. The van der Waals surface area contributed by atoms with Crippen molar-refractivity contribution in [1.29, 1.82) is 0 Å².